The van der Waals surface area contributed by atoms with Gasteiger partial charge >= 0.3 is 6.18 Å². The van der Waals surface area contributed by atoms with E-state index in [9.17, 15) is 13.2 Å². The first-order valence-electron chi connectivity index (χ1n) is 6.05. The summed E-state index contributed by atoms with van der Waals surface area (Å²) in [5.41, 5.74) is 1.69. The Labute approximate surface area is 110 Å². The molecule has 0 saturated heterocycles. The second-order valence-corrected chi connectivity index (χ2v) is 4.71. The molecule has 1 aromatic carbocycles. The summed E-state index contributed by atoms with van der Waals surface area (Å²) in [6.45, 7) is 4.01. The highest BCUT2D eigenvalue weighted by Gasteiger charge is 2.30. The molecule has 0 radical (unpaired) electrons. The largest absolute Gasteiger partial charge is 0.486 e. The monoisotopic (exact) mass is 268 g/mol. The van der Waals surface area contributed by atoms with Crippen LogP contribution in [-0.4, -0.2) is 6.10 Å². The van der Waals surface area contributed by atoms with Gasteiger partial charge in [0.25, 0.3) is 0 Å². The molecular formula is C15H15F3O. The SMILES string of the molecule is CC1=C(C)CC(Oc2cccc(C(F)(F)F)c2)C=C1. The van der Waals surface area contributed by atoms with Gasteiger partial charge in [0.2, 0.25) is 0 Å². The number of allylic oxidation sites excluding steroid dienone is 2. The Kier molecular flexibility index (Phi) is 3.69. The molecule has 0 spiro atoms. The highest BCUT2D eigenvalue weighted by atomic mass is 19.4. The highest BCUT2D eigenvalue weighted by molar-refractivity contribution is 5.33. The first-order valence-corrected chi connectivity index (χ1v) is 6.05. The standard InChI is InChI=1S/C15H15F3O/c1-10-6-7-14(8-11(10)2)19-13-5-3-4-12(9-13)15(16,17)18/h3-7,9,14H,8H2,1-2H3. The van der Waals surface area contributed by atoms with Crippen LogP contribution in [0.2, 0.25) is 0 Å². The van der Waals surface area contributed by atoms with Crippen molar-refractivity contribution in [1.29, 1.82) is 0 Å². The number of hydrogen-bond acceptors (Lipinski definition) is 1. The van der Waals surface area contributed by atoms with Crippen LogP contribution in [0.25, 0.3) is 0 Å². The summed E-state index contributed by atoms with van der Waals surface area (Å²) in [4.78, 5) is 0. The van der Waals surface area contributed by atoms with E-state index in [1.807, 2.05) is 26.0 Å². The smallest absolute Gasteiger partial charge is 0.416 e. The number of halogens is 3. The molecule has 19 heavy (non-hydrogen) atoms. The van der Waals surface area contributed by atoms with Gasteiger partial charge in [0.05, 0.1) is 5.56 Å². The van der Waals surface area contributed by atoms with E-state index in [2.05, 4.69) is 0 Å². The number of benzene rings is 1. The Morgan fingerprint density at radius 3 is 2.58 bits per heavy atom. The van der Waals surface area contributed by atoms with Crippen molar-refractivity contribution in [3.63, 3.8) is 0 Å². The Bertz CT molecular complexity index is 526. The third kappa shape index (κ3) is 3.40. The molecule has 0 saturated carbocycles. The molecule has 1 atom stereocenters. The average molecular weight is 268 g/mol. The fourth-order valence-corrected chi connectivity index (χ4v) is 1.93. The molecule has 1 aromatic rings. The van der Waals surface area contributed by atoms with Crippen molar-refractivity contribution in [1.82, 2.24) is 0 Å². The van der Waals surface area contributed by atoms with E-state index in [1.54, 1.807) is 6.07 Å². The Morgan fingerprint density at radius 1 is 1.21 bits per heavy atom. The minimum absolute atomic E-state index is 0.202. The lowest BCUT2D eigenvalue weighted by atomic mass is 9.98. The molecule has 1 nitrogen and oxygen atoms in total. The van der Waals surface area contributed by atoms with Crippen molar-refractivity contribution in [3.8, 4) is 5.75 Å². The van der Waals surface area contributed by atoms with Crippen molar-refractivity contribution < 1.29 is 17.9 Å². The summed E-state index contributed by atoms with van der Waals surface area (Å²) in [5.74, 6) is 0.247. The molecule has 1 unspecified atom stereocenters. The Hall–Kier alpha value is -1.71. The fraction of sp³-hybridized carbons (Fsp3) is 0.333. The van der Waals surface area contributed by atoms with Crippen LogP contribution >= 0.6 is 0 Å². The van der Waals surface area contributed by atoms with Gasteiger partial charge in [-0.1, -0.05) is 23.3 Å². The van der Waals surface area contributed by atoms with Crippen molar-refractivity contribution in [2.45, 2.75) is 32.5 Å². The quantitative estimate of drug-likeness (QED) is 0.752. The first-order chi connectivity index (χ1) is 8.86. The molecule has 2 rings (SSSR count). The van der Waals surface area contributed by atoms with E-state index in [1.165, 1.54) is 17.2 Å². The minimum atomic E-state index is -4.34. The van der Waals surface area contributed by atoms with E-state index in [0.717, 1.165) is 12.1 Å². The Balaban J connectivity index is 2.11. The second kappa shape index (κ2) is 5.11. The molecule has 102 valence electrons. The zero-order valence-electron chi connectivity index (χ0n) is 10.8. The Morgan fingerprint density at radius 2 is 1.95 bits per heavy atom. The summed E-state index contributed by atoms with van der Waals surface area (Å²) < 4.78 is 43.3. The van der Waals surface area contributed by atoms with Gasteiger partial charge in [-0.2, -0.15) is 13.2 Å². The van der Waals surface area contributed by atoms with Gasteiger partial charge in [-0.3, -0.25) is 0 Å². The molecule has 0 fully saturated rings. The maximum absolute atomic E-state index is 12.6. The average Bonchev–Trinajstić information content (AvgIpc) is 2.33. The summed E-state index contributed by atoms with van der Waals surface area (Å²) >= 11 is 0. The fourth-order valence-electron chi connectivity index (χ4n) is 1.93. The number of alkyl halides is 3. The molecule has 0 amide bonds. The molecular weight excluding hydrogens is 253 g/mol. The first kappa shape index (κ1) is 13.7. The zero-order valence-corrected chi connectivity index (χ0v) is 10.8. The summed E-state index contributed by atoms with van der Waals surface area (Å²) in [6, 6.07) is 4.98. The van der Waals surface area contributed by atoms with Gasteiger partial charge in [0, 0.05) is 6.42 Å². The van der Waals surface area contributed by atoms with Crippen LogP contribution < -0.4 is 4.74 Å². The van der Waals surface area contributed by atoms with Crippen LogP contribution in [0.5, 0.6) is 5.75 Å². The summed E-state index contributed by atoms with van der Waals surface area (Å²) in [5, 5.41) is 0. The zero-order chi connectivity index (χ0) is 14.0. The van der Waals surface area contributed by atoms with Gasteiger partial charge in [0.15, 0.2) is 0 Å². The van der Waals surface area contributed by atoms with E-state index in [-0.39, 0.29) is 11.9 Å². The van der Waals surface area contributed by atoms with Crippen LogP contribution in [0.1, 0.15) is 25.8 Å². The third-order valence-electron chi connectivity index (χ3n) is 3.19. The lowest BCUT2D eigenvalue weighted by molar-refractivity contribution is -0.137. The van der Waals surface area contributed by atoms with Crippen LogP contribution in [0.3, 0.4) is 0 Å². The lowest BCUT2D eigenvalue weighted by Gasteiger charge is -2.21. The highest BCUT2D eigenvalue weighted by Crippen LogP contribution is 2.32. The molecule has 0 aliphatic heterocycles. The van der Waals surface area contributed by atoms with Gasteiger partial charge in [0.1, 0.15) is 11.9 Å². The molecule has 1 aliphatic carbocycles. The van der Waals surface area contributed by atoms with Crippen LogP contribution in [0.15, 0.2) is 47.6 Å². The molecule has 0 heterocycles. The lowest BCUT2D eigenvalue weighted by Crippen LogP contribution is -2.17. The van der Waals surface area contributed by atoms with E-state index in [0.29, 0.717) is 6.42 Å². The number of ether oxygens (including phenoxy) is 1. The van der Waals surface area contributed by atoms with Crippen LogP contribution in [-0.2, 0) is 6.18 Å². The maximum Gasteiger partial charge on any atom is 0.416 e. The second-order valence-electron chi connectivity index (χ2n) is 4.71. The molecule has 0 N–H and O–H groups in total. The van der Waals surface area contributed by atoms with Gasteiger partial charge in [-0.15, -0.1) is 0 Å². The predicted octanol–water partition coefficient (Wildman–Crippen LogP) is 4.75. The normalized spacial score (nSPS) is 19.7. The number of hydrogen-bond donors (Lipinski definition) is 0. The van der Waals surface area contributed by atoms with Crippen molar-refractivity contribution in [2.24, 2.45) is 0 Å². The van der Waals surface area contributed by atoms with E-state index in [4.69, 9.17) is 4.74 Å². The topological polar surface area (TPSA) is 9.23 Å². The van der Waals surface area contributed by atoms with Gasteiger partial charge in [-0.25, -0.2) is 0 Å². The maximum atomic E-state index is 12.6. The predicted molar refractivity (Wildman–Crippen MR) is 68.0 cm³/mol. The van der Waals surface area contributed by atoms with Crippen LogP contribution in [0, 0.1) is 0 Å². The summed E-state index contributed by atoms with van der Waals surface area (Å²) in [6.07, 6.45) is -0.0147. The van der Waals surface area contributed by atoms with Crippen molar-refractivity contribution in [2.75, 3.05) is 0 Å². The minimum Gasteiger partial charge on any atom is -0.486 e. The van der Waals surface area contributed by atoms with E-state index >= 15 is 0 Å². The van der Waals surface area contributed by atoms with Crippen molar-refractivity contribution >= 4 is 0 Å². The van der Waals surface area contributed by atoms with Gasteiger partial charge < -0.3 is 4.74 Å². The summed E-state index contributed by atoms with van der Waals surface area (Å²) in [7, 11) is 0. The molecule has 0 aromatic heterocycles. The van der Waals surface area contributed by atoms with Crippen molar-refractivity contribution in [3.05, 3.63) is 53.1 Å². The molecule has 0 bridgehead atoms. The molecule has 4 heteroatoms. The van der Waals surface area contributed by atoms with E-state index < -0.39 is 11.7 Å². The third-order valence-corrected chi connectivity index (χ3v) is 3.19. The molecule has 1 aliphatic rings. The number of rotatable bonds is 2. The van der Waals surface area contributed by atoms with Crippen LogP contribution in [0.4, 0.5) is 13.2 Å². The van der Waals surface area contributed by atoms with Gasteiger partial charge in [-0.05, 0) is 38.1 Å².